The summed E-state index contributed by atoms with van der Waals surface area (Å²) in [5.41, 5.74) is 2.35. The van der Waals surface area contributed by atoms with E-state index in [1.807, 2.05) is 51.1 Å². The fraction of sp³-hybridized carbons (Fsp3) is 0.353. The first-order valence-electron chi connectivity index (χ1n) is 7.13. The number of hydrogen-bond donors (Lipinski definition) is 0. The lowest BCUT2D eigenvalue weighted by Crippen LogP contribution is -2.24. The molecular formula is C17H20ClNO2. The zero-order valence-corrected chi connectivity index (χ0v) is 13.4. The molecule has 0 bridgehead atoms. The second-order valence-electron chi connectivity index (χ2n) is 5.09. The molecule has 2 rings (SSSR count). The molecule has 0 radical (unpaired) electrons. The summed E-state index contributed by atoms with van der Waals surface area (Å²) in [6.07, 6.45) is 0.0788. The number of alkyl halides is 1. The maximum absolute atomic E-state index is 12.4. The number of halogens is 1. The van der Waals surface area contributed by atoms with Crippen LogP contribution in [0.1, 0.15) is 26.3 Å². The summed E-state index contributed by atoms with van der Waals surface area (Å²) in [5, 5.41) is 0. The Hall–Kier alpha value is -1.74. The van der Waals surface area contributed by atoms with Gasteiger partial charge in [-0.2, -0.15) is 0 Å². The van der Waals surface area contributed by atoms with E-state index in [9.17, 15) is 4.79 Å². The standard InChI is InChI=1S/C17H20ClNO2/c1-4-19-15(10-9-13(11-18)17(19)20)14-7-5-6-8-16(14)21-12(2)3/h5-10,12H,4,11H2,1-3H3. The second-order valence-corrected chi connectivity index (χ2v) is 5.36. The average molecular weight is 306 g/mol. The molecule has 0 unspecified atom stereocenters. The van der Waals surface area contributed by atoms with Gasteiger partial charge in [-0.25, -0.2) is 0 Å². The van der Waals surface area contributed by atoms with Gasteiger partial charge >= 0.3 is 0 Å². The minimum atomic E-state index is -0.0376. The van der Waals surface area contributed by atoms with Crippen molar-refractivity contribution in [2.75, 3.05) is 0 Å². The van der Waals surface area contributed by atoms with Crippen molar-refractivity contribution in [1.82, 2.24) is 4.57 Å². The topological polar surface area (TPSA) is 31.2 Å². The number of aromatic nitrogens is 1. The molecule has 4 heteroatoms. The van der Waals surface area contributed by atoms with E-state index in [-0.39, 0.29) is 17.5 Å². The van der Waals surface area contributed by atoms with Crippen LogP contribution >= 0.6 is 11.6 Å². The summed E-state index contributed by atoms with van der Waals surface area (Å²) in [6, 6.07) is 11.5. The fourth-order valence-electron chi connectivity index (χ4n) is 2.31. The lowest BCUT2D eigenvalue weighted by Gasteiger charge is -2.17. The van der Waals surface area contributed by atoms with E-state index >= 15 is 0 Å². The van der Waals surface area contributed by atoms with Gasteiger partial charge in [0.2, 0.25) is 0 Å². The van der Waals surface area contributed by atoms with Crippen LogP contribution in [0.4, 0.5) is 0 Å². The Bertz CT molecular complexity index is 677. The molecule has 0 fully saturated rings. The fourth-order valence-corrected chi connectivity index (χ4v) is 2.51. The Morgan fingerprint density at radius 3 is 2.52 bits per heavy atom. The third kappa shape index (κ3) is 3.30. The van der Waals surface area contributed by atoms with Crippen molar-refractivity contribution in [2.45, 2.75) is 39.3 Å². The molecular weight excluding hydrogens is 286 g/mol. The van der Waals surface area contributed by atoms with Crippen molar-refractivity contribution in [2.24, 2.45) is 0 Å². The minimum absolute atomic E-state index is 0.0376. The highest BCUT2D eigenvalue weighted by molar-refractivity contribution is 6.17. The number of ether oxygens (including phenoxy) is 1. The van der Waals surface area contributed by atoms with E-state index < -0.39 is 0 Å². The number of para-hydroxylation sites is 1. The molecule has 0 saturated heterocycles. The largest absolute Gasteiger partial charge is 0.490 e. The van der Waals surface area contributed by atoms with E-state index in [4.69, 9.17) is 16.3 Å². The summed E-state index contributed by atoms with van der Waals surface area (Å²) in [5.74, 6) is 1.01. The van der Waals surface area contributed by atoms with Gasteiger partial charge in [-0.1, -0.05) is 18.2 Å². The van der Waals surface area contributed by atoms with Gasteiger partial charge in [0.25, 0.3) is 5.56 Å². The summed E-state index contributed by atoms with van der Waals surface area (Å²) < 4.78 is 7.59. The van der Waals surface area contributed by atoms with Crippen LogP contribution in [-0.2, 0) is 12.4 Å². The quantitative estimate of drug-likeness (QED) is 0.780. The summed E-state index contributed by atoms with van der Waals surface area (Å²) in [7, 11) is 0. The van der Waals surface area contributed by atoms with Crippen molar-refractivity contribution in [1.29, 1.82) is 0 Å². The summed E-state index contributed by atoms with van der Waals surface area (Å²) >= 11 is 5.82. The van der Waals surface area contributed by atoms with Gasteiger partial charge in [-0.15, -0.1) is 11.6 Å². The third-order valence-corrected chi connectivity index (χ3v) is 3.53. The average Bonchev–Trinajstić information content (AvgIpc) is 2.47. The van der Waals surface area contributed by atoms with Crippen LogP contribution in [0.5, 0.6) is 5.75 Å². The van der Waals surface area contributed by atoms with Crippen LogP contribution in [0, 0.1) is 0 Å². The number of benzene rings is 1. The summed E-state index contributed by atoms with van der Waals surface area (Å²) in [4.78, 5) is 12.4. The van der Waals surface area contributed by atoms with Gasteiger partial charge in [0.1, 0.15) is 5.75 Å². The Morgan fingerprint density at radius 2 is 1.90 bits per heavy atom. The monoisotopic (exact) mass is 305 g/mol. The lowest BCUT2D eigenvalue weighted by atomic mass is 10.1. The van der Waals surface area contributed by atoms with Gasteiger partial charge in [0.15, 0.2) is 0 Å². The predicted molar refractivity (Wildman–Crippen MR) is 87.1 cm³/mol. The van der Waals surface area contributed by atoms with E-state index in [2.05, 4.69) is 0 Å². The molecule has 1 aromatic heterocycles. The highest BCUT2D eigenvalue weighted by Gasteiger charge is 2.13. The lowest BCUT2D eigenvalue weighted by molar-refractivity contribution is 0.243. The maximum atomic E-state index is 12.4. The van der Waals surface area contributed by atoms with Gasteiger partial charge in [0.05, 0.1) is 17.7 Å². The van der Waals surface area contributed by atoms with E-state index in [1.165, 1.54) is 0 Å². The Kier molecular flexibility index (Phi) is 5.07. The molecule has 0 N–H and O–H groups in total. The van der Waals surface area contributed by atoms with Crippen LogP contribution in [0.3, 0.4) is 0 Å². The molecule has 0 saturated carbocycles. The van der Waals surface area contributed by atoms with E-state index in [1.54, 1.807) is 10.6 Å². The molecule has 21 heavy (non-hydrogen) atoms. The molecule has 112 valence electrons. The van der Waals surface area contributed by atoms with Crippen molar-refractivity contribution in [3.63, 3.8) is 0 Å². The van der Waals surface area contributed by atoms with Crippen molar-refractivity contribution in [3.05, 3.63) is 52.3 Å². The highest BCUT2D eigenvalue weighted by Crippen LogP contribution is 2.30. The van der Waals surface area contributed by atoms with Gasteiger partial charge < -0.3 is 9.30 Å². The maximum Gasteiger partial charge on any atom is 0.255 e. The van der Waals surface area contributed by atoms with Crippen LogP contribution in [0.25, 0.3) is 11.3 Å². The SMILES string of the molecule is CCn1c(-c2ccccc2OC(C)C)ccc(CCl)c1=O. The Labute approximate surface area is 130 Å². The van der Waals surface area contributed by atoms with Crippen molar-refractivity contribution >= 4 is 11.6 Å². The van der Waals surface area contributed by atoms with Gasteiger partial charge in [-0.05, 0) is 39.0 Å². The highest BCUT2D eigenvalue weighted by atomic mass is 35.5. The molecule has 0 aliphatic heterocycles. The van der Waals surface area contributed by atoms with Gasteiger partial charge in [0, 0.05) is 17.7 Å². The number of nitrogens with zero attached hydrogens (tertiary/aromatic N) is 1. The minimum Gasteiger partial charge on any atom is -0.490 e. The second kappa shape index (κ2) is 6.81. The molecule has 3 nitrogen and oxygen atoms in total. The van der Waals surface area contributed by atoms with Crippen molar-refractivity contribution < 1.29 is 4.74 Å². The molecule has 0 aliphatic carbocycles. The molecule has 0 spiro atoms. The third-order valence-electron chi connectivity index (χ3n) is 3.24. The molecule has 2 aromatic rings. The molecule has 0 aliphatic rings. The molecule has 0 amide bonds. The van der Waals surface area contributed by atoms with Crippen molar-refractivity contribution in [3.8, 4) is 17.0 Å². The zero-order chi connectivity index (χ0) is 15.4. The zero-order valence-electron chi connectivity index (χ0n) is 12.6. The van der Waals surface area contributed by atoms with Crippen LogP contribution in [0.15, 0.2) is 41.2 Å². The first-order chi connectivity index (χ1) is 10.1. The molecule has 0 atom stereocenters. The number of hydrogen-bond acceptors (Lipinski definition) is 2. The summed E-state index contributed by atoms with van der Waals surface area (Å²) in [6.45, 7) is 6.52. The molecule has 1 heterocycles. The predicted octanol–water partition coefficient (Wildman–Crippen LogP) is 4.06. The Balaban J connectivity index is 2.62. The van der Waals surface area contributed by atoms with Crippen LogP contribution < -0.4 is 10.3 Å². The van der Waals surface area contributed by atoms with Crippen LogP contribution in [0.2, 0.25) is 0 Å². The molecule has 1 aromatic carbocycles. The Morgan fingerprint density at radius 1 is 1.19 bits per heavy atom. The van der Waals surface area contributed by atoms with E-state index in [0.29, 0.717) is 12.1 Å². The smallest absolute Gasteiger partial charge is 0.255 e. The number of rotatable bonds is 5. The van der Waals surface area contributed by atoms with E-state index in [0.717, 1.165) is 17.0 Å². The van der Waals surface area contributed by atoms with Crippen LogP contribution in [-0.4, -0.2) is 10.7 Å². The van der Waals surface area contributed by atoms with Gasteiger partial charge in [-0.3, -0.25) is 4.79 Å². The normalized spacial score (nSPS) is 10.9. The number of pyridine rings is 1. The first-order valence-corrected chi connectivity index (χ1v) is 7.66. The first kappa shape index (κ1) is 15.6.